The minimum Gasteiger partial charge on any atom is -0.491 e. The predicted octanol–water partition coefficient (Wildman–Crippen LogP) is 3.57. The average molecular weight is 373 g/mol. The first-order valence-electron chi connectivity index (χ1n) is 8.51. The SMILES string of the molecule is CCOc1ccc2cc(-c3ccc(OC[C@H](C)NC(=O)O)cc3)nn2c1F. The van der Waals surface area contributed by atoms with Crippen LogP contribution in [0.25, 0.3) is 16.8 Å². The van der Waals surface area contributed by atoms with E-state index in [-0.39, 0.29) is 18.4 Å². The van der Waals surface area contributed by atoms with E-state index in [1.54, 1.807) is 44.2 Å². The molecule has 2 heterocycles. The van der Waals surface area contributed by atoms with E-state index in [0.717, 1.165) is 5.56 Å². The Morgan fingerprint density at radius 1 is 1.26 bits per heavy atom. The second-order valence-electron chi connectivity index (χ2n) is 5.97. The maximum atomic E-state index is 14.4. The number of nitrogens with one attached hydrogen (secondary N) is 1. The topological polar surface area (TPSA) is 85.1 Å². The quantitative estimate of drug-likeness (QED) is 0.619. The highest BCUT2D eigenvalue weighted by Gasteiger charge is 2.12. The van der Waals surface area contributed by atoms with Crippen LogP contribution in [0.2, 0.25) is 0 Å². The standard InChI is InChI=1S/C19H20FN3O4/c1-3-26-17-9-6-14-10-16(22-23(14)18(17)20)13-4-7-15(8-5-13)27-11-12(2)21-19(24)25/h4-10,12,21H,3,11H2,1-2H3,(H,24,25)/t12-/m0/s1. The molecule has 1 amide bonds. The Balaban J connectivity index is 1.75. The van der Waals surface area contributed by atoms with Gasteiger partial charge in [-0.1, -0.05) is 0 Å². The highest BCUT2D eigenvalue weighted by Crippen LogP contribution is 2.25. The van der Waals surface area contributed by atoms with Crippen LogP contribution >= 0.6 is 0 Å². The number of pyridine rings is 1. The van der Waals surface area contributed by atoms with E-state index in [1.165, 1.54) is 4.52 Å². The van der Waals surface area contributed by atoms with Crippen LogP contribution in [0.4, 0.5) is 9.18 Å². The number of rotatable bonds is 7. The third-order valence-electron chi connectivity index (χ3n) is 3.85. The molecule has 0 aliphatic carbocycles. The van der Waals surface area contributed by atoms with E-state index in [0.29, 0.717) is 23.6 Å². The van der Waals surface area contributed by atoms with Gasteiger partial charge in [-0.25, -0.2) is 9.31 Å². The molecule has 1 aromatic carbocycles. The van der Waals surface area contributed by atoms with Gasteiger partial charge in [0.25, 0.3) is 5.95 Å². The molecular weight excluding hydrogens is 353 g/mol. The smallest absolute Gasteiger partial charge is 0.404 e. The number of aromatic nitrogens is 2. The van der Waals surface area contributed by atoms with Gasteiger partial charge in [0.2, 0.25) is 0 Å². The Morgan fingerprint density at radius 2 is 2.00 bits per heavy atom. The van der Waals surface area contributed by atoms with Crippen molar-refractivity contribution in [2.75, 3.05) is 13.2 Å². The number of fused-ring (bicyclic) bond motifs is 1. The zero-order valence-corrected chi connectivity index (χ0v) is 15.0. The normalized spacial score (nSPS) is 12.0. The lowest BCUT2D eigenvalue weighted by molar-refractivity contribution is 0.183. The van der Waals surface area contributed by atoms with E-state index in [1.807, 2.05) is 12.1 Å². The lowest BCUT2D eigenvalue weighted by atomic mass is 10.1. The van der Waals surface area contributed by atoms with Crippen molar-refractivity contribution in [3.8, 4) is 22.8 Å². The zero-order chi connectivity index (χ0) is 19.4. The molecule has 0 radical (unpaired) electrons. The van der Waals surface area contributed by atoms with Gasteiger partial charge in [0.1, 0.15) is 12.4 Å². The minimum atomic E-state index is -1.09. The van der Waals surface area contributed by atoms with E-state index in [2.05, 4.69) is 10.4 Å². The number of carbonyl (C=O) groups is 1. The van der Waals surface area contributed by atoms with Gasteiger partial charge in [0, 0.05) is 5.56 Å². The van der Waals surface area contributed by atoms with Crippen LogP contribution in [0, 0.1) is 5.95 Å². The molecule has 8 heteroatoms. The van der Waals surface area contributed by atoms with Crippen molar-refractivity contribution >= 4 is 11.6 Å². The maximum absolute atomic E-state index is 14.4. The third kappa shape index (κ3) is 4.28. The Bertz CT molecular complexity index is 940. The summed E-state index contributed by atoms with van der Waals surface area (Å²) in [4.78, 5) is 10.6. The molecule has 7 nitrogen and oxygen atoms in total. The Morgan fingerprint density at radius 3 is 2.67 bits per heavy atom. The minimum absolute atomic E-state index is 0.160. The molecule has 142 valence electrons. The van der Waals surface area contributed by atoms with Crippen molar-refractivity contribution in [1.29, 1.82) is 0 Å². The van der Waals surface area contributed by atoms with Gasteiger partial charge >= 0.3 is 6.09 Å². The molecule has 0 saturated carbocycles. The van der Waals surface area contributed by atoms with E-state index in [4.69, 9.17) is 14.6 Å². The van der Waals surface area contributed by atoms with Crippen molar-refractivity contribution < 1.29 is 23.8 Å². The van der Waals surface area contributed by atoms with Crippen LogP contribution in [0.5, 0.6) is 11.5 Å². The van der Waals surface area contributed by atoms with Gasteiger partial charge in [0.15, 0.2) is 5.75 Å². The molecule has 3 rings (SSSR count). The predicted molar refractivity (Wildman–Crippen MR) is 97.9 cm³/mol. The number of ether oxygens (including phenoxy) is 2. The Labute approximate surface area is 155 Å². The summed E-state index contributed by atoms with van der Waals surface area (Å²) in [6.07, 6.45) is -1.09. The molecule has 0 unspecified atom stereocenters. The highest BCUT2D eigenvalue weighted by atomic mass is 19.1. The van der Waals surface area contributed by atoms with Crippen LogP contribution in [-0.4, -0.2) is 40.1 Å². The fourth-order valence-electron chi connectivity index (χ4n) is 2.61. The summed E-state index contributed by atoms with van der Waals surface area (Å²) in [5, 5.41) is 15.3. The number of carboxylic acid groups (broad SMARTS) is 1. The van der Waals surface area contributed by atoms with Gasteiger partial charge in [-0.15, -0.1) is 0 Å². The van der Waals surface area contributed by atoms with E-state index >= 15 is 0 Å². The molecule has 2 N–H and O–H groups in total. The highest BCUT2D eigenvalue weighted by molar-refractivity contribution is 5.67. The van der Waals surface area contributed by atoms with Crippen molar-refractivity contribution in [3.05, 3.63) is 48.4 Å². The van der Waals surface area contributed by atoms with Crippen LogP contribution in [0.3, 0.4) is 0 Å². The third-order valence-corrected chi connectivity index (χ3v) is 3.85. The molecule has 0 bridgehead atoms. The second kappa shape index (κ2) is 7.94. The molecule has 0 spiro atoms. The molecule has 1 atom stereocenters. The first-order chi connectivity index (χ1) is 13.0. The summed E-state index contributed by atoms with van der Waals surface area (Å²) in [6.45, 7) is 4.09. The average Bonchev–Trinajstić information content (AvgIpc) is 3.07. The van der Waals surface area contributed by atoms with E-state index in [9.17, 15) is 9.18 Å². The molecule has 0 fully saturated rings. The lowest BCUT2D eigenvalue weighted by Gasteiger charge is -2.13. The van der Waals surface area contributed by atoms with Crippen molar-refractivity contribution in [2.45, 2.75) is 19.9 Å². The number of hydrogen-bond acceptors (Lipinski definition) is 4. The molecular formula is C19H20FN3O4. The van der Waals surface area contributed by atoms with Gasteiger partial charge in [-0.05, 0) is 56.3 Å². The summed E-state index contributed by atoms with van der Waals surface area (Å²) in [6, 6.07) is 11.9. The maximum Gasteiger partial charge on any atom is 0.404 e. The van der Waals surface area contributed by atoms with E-state index < -0.39 is 12.0 Å². The molecule has 2 aromatic heterocycles. The molecule has 27 heavy (non-hydrogen) atoms. The fraction of sp³-hybridized carbons (Fsp3) is 0.263. The van der Waals surface area contributed by atoms with Crippen LogP contribution in [0.1, 0.15) is 13.8 Å². The number of amides is 1. The molecule has 0 aliphatic rings. The molecule has 0 saturated heterocycles. The Kier molecular flexibility index (Phi) is 5.44. The van der Waals surface area contributed by atoms with Crippen LogP contribution in [0.15, 0.2) is 42.5 Å². The number of benzene rings is 1. The summed E-state index contributed by atoms with van der Waals surface area (Å²) in [7, 11) is 0. The lowest BCUT2D eigenvalue weighted by Crippen LogP contribution is -2.35. The summed E-state index contributed by atoms with van der Waals surface area (Å²) >= 11 is 0. The summed E-state index contributed by atoms with van der Waals surface area (Å²) in [5.41, 5.74) is 2.05. The largest absolute Gasteiger partial charge is 0.491 e. The Hall–Kier alpha value is -3.29. The van der Waals surface area contributed by atoms with Gasteiger partial charge in [0.05, 0.1) is 23.9 Å². The van der Waals surface area contributed by atoms with Gasteiger partial charge in [-0.2, -0.15) is 9.49 Å². The monoisotopic (exact) mass is 373 g/mol. The second-order valence-corrected chi connectivity index (χ2v) is 5.97. The first-order valence-corrected chi connectivity index (χ1v) is 8.51. The zero-order valence-electron chi connectivity index (χ0n) is 15.0. The van der Waals surface area contributed by atoms with Gasteiger partial charge in [-0.3, -0.25) is 0 Å². The van der Waals surface area contributed by atoms with Crippen molar-refractivity contribution in [3.63, 3.8) is 0 Å². The van der Waals surface area contributed by atoms with Gasteiger partial charge < -0.3 is 19.9 Å². The molecule has 3 aromatic rings. The number of hydrogen-bond donors (Lipinski definition) is 2. The fourth-order valence-corrected chi connectivity index (χ4v) is 2.61. The molecule has 0 aliphatic heterocycles. The van der Waals surface area contributed by atoms with Crippen molar-refractivity contribution in [1.82, 2.24) is 14.9 Å². The number of halogens is 1. The summed E-state index contributed by atoms with van der Waals surface area (Å²) in [5.74, 6) is 0.222. The summed E-state index contributed by atoms with van der Waals surface area (Å²) < 4.78 is 26.4. The van der Waals surface area contributed by atoms with Crippen LogP contribution in [-0.2, 0) is 0 Å². The van der Waals surface area contributed by atoms with Crippen LogP contribution < -0.4 is 14.8 Å². The first kappa shape index (κ1) is 18.5. The number of nitrogens with zero attached hydrogens (tertiary/aromatic N) is 2. The van der Waals surface area contributed by atoms with Crippen molar-refractivity contribution in [2.24, 2.45) is 0 Å².